The van der Waals surface area contributed by atoms with Crippen LogP contribution in [0.1, 0.15) is 25.3 Å². The van der Waals surface area contributed by atoms with Crippen molar-refractivity contribution in [2.45, 2.75) is 31.1 Å². The lowest BCUT2D eigenvalue weighted by molar-refractivity contribution is 0.601. The average molecular weight is 324 g/mol. The molecule has 0 saturated heterocycles. The molecule has 0 amide bonds. The second kappa shape index (κ2) is 6.96. The first-order chi connectivity index (χ1) is 10.0. The summed E-state index contributed by atoms with van der Waals surface area (Å²) in [5.74, 6) is 0. The predicted octanol–water partition coefficient (Wildman–Crippen LogP) is 4.48. The molecule has 1 N–H and O–H groups in total. The SMILES string of the molecule is CCCCc1ccc(S(=O)(=O)Nc2ccccc2Cl)cc1. The standard InChI is InChI=1S/C16H18ClNO2S/c1-2-3-6-13-9-11-14(12-10-13)21(19,20)18-16-8-5-4-7-15(16)17/h4-5,7-12,18H,2-3,6H2,1H3. The Labute approximate surface area is 131 Å². The molecule has 3 nitrogen and oxygen atoms in total. The summed E-state index contributed by atoms with van der Waals surface area (Å²) in [6.07, 6.45) is 3.19. The van der Waals surface area contributed by atoms with Crippen LogP contribution in [0.4, 0.5) is 5.69 Å². The van der Waals surface area contributed by atoms with Crippen LogP contribution in [0.5, 0.6) is 0 Å². The van der Waals surface area contributed by atoms with Crippen LogP contribution in [-0.2, 0) is 16.4 Å². The highest BCUT2D eigenvalue weighted by molar-refractivity contribution is 7.92. The Kier molecular flexibility index (Phi) is 5.26. The van der Waals surface area contributed by atoms with Gasteiger partial charge in [0, 0.05) is 0 Å². The molecule has 0 atom stereocenters. The molecule has 112 valence electrons. The lowest BCUT2D eigenvalue weighted by Crippen LogP contribution is -2.13. The maximum atomic E-state index is 12.3. The molecule has 5 heteroatoms. The van der Waals surface area contributed by atoms with E-state index in [4.69, 9.17) is 11.6 Å². The number of anilines is 1. The third kappa shape index (κ3) is 4.22. The average Bonchev–Trinajstić information content (AvgIpc) is 2.48. The van der Waals surface area contributed by atoms with Crippen molar-refractivity contribution in [2.75, 3.05) is 4.72 Å². The van der Waals surface area contributed by atoms with Crippen molar-refractivity contribution in [2.24, 2.45) is 0 Å². The Hall–Kier alpha value is -1.52. The molecule has 0 fully saturated rings. The van der Waals surface area contributed by atoms with E-state index in [2.05, 4.69) is 11.6 Å². The predicted molar refractivity (Wildman–Crippen MR) is 87.3 cm³/mol. The van der Waals surface area contributed by atoms with Gasteiger partial charge in [-0.25, -0.2) is 8.42 Å². The number of hydrogen-bond donors (Lipinski definition) is 1. The molecule has 21 heavy (non-hydrogen) atoms. The number of para-hydroxylation sites is 1. The van der Waals surface area contributed by atoms with E-state index in [0.29, 0.717) is 10.7 Å². The third-order valence-electron chi connectivity index (χ3n) is 3.17. The summed E-state index contributed by atoms with van der Waals surface area (Å²) in [6, 6.07) is 13.7. The molecule has 0 saturated carbocycles. The first kappa shape index (κ1) is 15.9. The maximum absolute atomic E-state index is 12.3. The van der Waals surface area contributed by atoms with Crippen molar-refractivity contribution in [3.8, 4) is 0 Å². The van der Waals surface area contributed by atoms with Crippen LogP contribution >= 0.6 is 11.6 Å². The van der Waals surface area contributed by atoms with Gasteiger partial charge in [0.25, 0.3) is 10.0 Å². The van der Waals surface area contributed by atoms with Crippen LogP contribution in [0.2, 0.25) is 5.02 Å². The van der Waals surface area contributed by atoms with Gasteiger partial charge in [-0.15, -0.1) is 0 Å². The summed E-state index contributed by atoms with van der Waals surface area (Å²) in [5, 5.41) is 0.376. The summed E-state index contributed by atoms with van der Waals surface area (Å²) in [4.78, 5) is 0.239. The van der Waals surface area contributed by atoms with Gasteiger partial charge in [0.05, 0.1) is 15.6 Å². The fourth-order valence-electron chi connectivity index (χ4n) is 1.96. The molecular weight excluding hydrogens is 306 g/mol. The molecule has 2 aromatic carbocycles. The molecule has 0 aromatic heterocycles. The normalized spacial score (nSPS) is 11.3. The van der Waals surface area contributed by atoms with Crippen molar-refractivity contribution in [3.05, 3.63) is 59.1 Å². The fourth-order valence-corrected chi connectivity index (χ4v) is 3.28. The van der Waals surface area contributed by atoms with E-state index in [9.17, 15) is 8.42 Å². The van der Waals surface area contributed by atoms with Gasteiger partial charge in [-0.1, -0.05) is 49.2 Å². The van der Waals surface area contributed by atoms with Crippen LogP contribution < -0.4 is 4.72 Å². The number of rotatable bonds is 6. The molecule has 0 heterocycles. The Morgan fingerprint density at radius 3 is 2.33 bits per heavy atom. The quantitative estimate of drug-likeness (QED) is 0.851. The summed E-state index contributed by atoms with van der Waals surface area (Å²) >= 11 is 5.97. The number of hydrogen-bond acceptors (Lipinski definition) is 2. The van der Waals surface area contributed by atoms with Crippen LogP contribution in [0.25, 0.3) is 0 Å². The van der Waals surface area contributed by atoms with E-state index in [1.165, 1.54) is 0 Å². The summed E-state index contributed by atoms with van der Waals surface area (Å²) in [7, 11) is -3.61. The van der Waals surface area contributed by atoms with Gasteiger partial charge in [-0.05, 0) is 42.7 Å². The fraction of sp³-hybridized carbons (Fsp3) is 0.250. The van der Waals surface area contributed by atoms with Gasteiger partial charge in [0.1, 0.15) is 0 Å². The lowest BCUT2D eigenvalue weighted by Gasteiger charge is -2.10. The smallest absolute Gasteiger partial charge is 0.261 e. The van der Waals surface area contributed by atoms with Crippen LogP contribution in [-0.4, -0.2) is 8.42 Å². The monoisotopic (exact) mass is 323 g/mol. The summed E-state index contributed by atoms with van der Waals surface area (Å²) in [5.41, 5.74) is 1.53. The second-order valence-electron chi connectivity index (χ2n) is 4.83. The van der Waals surface area contributed by atoms with Crippen molar-refractivity contribution in [1.29, 1.82) is 0 Å². The van der Waals surface area contributed by atoms with E-state index >= 15 is 0 Å². The summed E-state index contributed by atoms with van der Waals surface area (Å²) in [6.45, 7) is 2.13. The highest BCUT2D eigenvalue weighted by Gasteiger charge is 2.15. The zero-order chi connectivity index (χ0) is 15.3. The van der Waals surface area contributed by atoms with Crippen LogP contribution in [0.3, 0.4) is 0 Å². The van der Waals surface area contributed by atoms with Gasteiger partial charge < -0.3 is 0 Å². The highest BCUT2D eigenvalue weighted by atomic mass is 35.5. The Morgan fingerprint density at radius 2 is 1.71 bits per heavy atom. The number of benzene rings is 2. The van der Waals surface area contributed by atoms with Gasteiger partial charge in [-0.2, -0.15) is 0 Å². The van der Waals surface area contributed by atoms with Gasteiger partial charge in [-0.3, -0.25) is 4.72 Å². The third-order valence-corrected chi connectivity index (χ3v) is 4.88. The number of aryl methyl sites for hydroxylation is 1. The zero-order valence-electron chi connectivity index (χ0n) is 11.8. The van der Waals surface area contributed by atoms with Gasteiger partial charge >= 0.3 is 0 Å². The molecule has 0 bridgehead atoms. The molecule has 2 rings (SSSR count). The van der Waals surface area contributed by atoms with Crippen molar-refractivity contribution < 1.29 is 8.42 Å². The van der Waals surface area contributed by atoms with E-state index in [-0.39, 0.29) is 4.90 Å². The number of sulfonamides is 1. The van der Waals surface area contributed by atoms with E-state index < -0.39 is 10.0 Å². The molecular formula is C16H18ClNO2S. The minimum atomic E-state index is -3.61. The highest BCUT2D eigenvalue weighted by Crippen LogP contribution is 2.24. The molecule has 0 radical (unpaired) electrons. The lowest BCUT2D eigenvalue weighted by atomic mass is 10.1. The molecule has 0 unspecified atom stereocenters. The topological polar surface area (TPSA) is 46.2 Å². The van der Waals surface area contributed by atoms with Gasteiger partial charge in [0.15, 0.2) is 0 Å². The molecule has 2 aromatic rings. The van der Waals surface area contributed by atoms with Crippen LogP contribution in [0.15, 0.2) is 53.4 Å². The van der Waals surface area contributed by atoms with Crippen molar-refractivity contribution in [1.82, 2.24) is 0 Å². The van der Waals surface area contributed by atoms with Gasteiger partial charge in [0.2, 0.25) is 0 Å². The first-order valence-electron chi connectivity index (χ1n) is 6.89. The first-order valence-corrected chi connectivity index (χ1v) is 8.75. The molecule has 0 spiro atoms. The van der Waals surface area contributed by atoms with E-state index in [0.717, 1.165) is 24.8 Å². The summed E-state index contributed by atoms with van der Waals surface area (Å²) < 4.78 is 27.1. The van der Waals surface area contributed by atoms with Crippen molar-refractivity contribution >= 4 is 27.3 Å². The zero-order valence-corrected chi connectivity index (χ0v) is 13.4. The molecule has 0 aliphatic carbocycles. The maximum Gasteiger partial charge on any atom is 0.261 e. The Balaban J connectivity index is 2.18. The number of halogens is 1. The number of nitrogens with one attached hydrogen (secondary N) is 1. The number of unbranched alkanes of at least 4 members (excludes halogenated alkanes) is 1. The Morgan fingerprint density at radius 1 is 1.05 bits per heavy atom. The Bertz CT molecular complexity index is 696. The van der Waals surface area contributed by atoms with Crippen molar-refractivity contribution in [3.63, 3.8) is 0 Å². The van der Waals surface area contributed by atoms with E-state index in [1.807, 2.05) is 12.1 Å². The second-order valence-corrected chi connectivity index (χ2v) is 6.92. The van der Waals surface area contributed by atoms with E-state index in [1.54, 1.807) is 36.4 Å². The minimum absolute atomic E-state index is 0.239. The van der Waals surface area contributed by atoms with Crippen LogP contribution in [0, 0.1) is 0 Å². The minimum Gasteiger partial charge on any atom is -0.278 e. The largest absolute Gasteiger partial charge is 0.278 e. The molecule has 0 aliphatic heterocycles. The molecule has 0 aliphatic rings.